The Bertz CT molecular complexity index is 463. The van der Waals surface area contributed by atoms with Gasteiger partial charge in [-0.1, -0.05) is 0 Å². The molecule has 0 radical (unpaired) electrons. The van der Waals surface area contributed by atoms with E-state index in [2.05, 4.69) is 5.32 Å². The largest absolute Gasteiger partial charge is 0.507 e. The third-order valence-electron chi connectivity index (χ3n) is 2.51. The van der Waals surface area contributed by atoms with Crippen LogP contribution in [0, 0.1) is 3.57 Å². The van der Waals surface area contributed by atoms with Gasteiger partial charge in [0.1, 0.15) is 5.75 Å². The van der Waals surface area contributed by atoms with Crippen molar-refractivity contribution >= 4 is 34.4 Å². The highest BCUT2D eigenvalue weighted by molar-refractivity contribution is 14.1. The Kier molecular flexibility index (Phi) is 5.39. The van der Waals surface area contributed by atoms with Crippen molar-refractivity contribution < 1.29 is 14.7 Å². The summed E-state index contributed by atoms with van der Waals surface area (Å²) in [7, 11) is 1.67. The van der Waals surface area contributed by atoms with Gasteiger partial charge in [0.15, 0.2) is 0 Å². The van der Waals surface area contributed by atoms with Crippen molar-refractivity contribution in [2.45, 2.75) is 6.92 Å². The van der Waals surface area contributed by atoms with Gasteiger partial charge in [-0.25, -0.2) is 0 Å². The van der Waals surface area contributed by atoms with Gasteiger partial charge in [-0.15, -0.1) is 0 Å². The predicted molar refractivity (Wildman–Crippen MR) is 76.5 cm³/mol. The minimum Gasteiger partial charge on any atom is -0.507 e. The SMILES string of the molecule is CCN(C)C(=O)CNC(=O)c1ccc(I)c(O)c1. The number of benzene rings is 1. The van der Waals surface area contributed by atoms with Gasteiger partial charge in [0.25, 0.3) is 5.91 Å². The summed E-state index contributed by atoms with van der Waals surface area (Å²) in [6.07, 6.45) is 0. The second kappa shape index (κ2) is 6.58. The highest BCUT2D eigenvalue weighted by Crippen LogP contribution is 2.20. The van der Waals surface area contributed by atoms with Crippen molar-refractivity contribution in [3.63, 3.8) is 0 Å². The van der Waals surface area contributed by atoms with Crippen LogP contribution in [0.1, 0.15) is 17.3 Å². The molecule has 1 aromatic rings. The van der Waals surface area contributed by atoms with Crippen molar-refractivity contribution in [3.05, 3.63) is 27.3 Å². The molecule has 1 aromatic carbocycles. The number of phenolic OH excluding ortho intramolecular Hbond substituents is 1. The number of aromatic hydroxyl groups is 1. The Morgan fingerprint density at radius 1 is 1.44 bits per heavy atom. The summed E-state index contributed by atoms with van der Waals surface area (Å²) >= 11 is 1.97. The monoisotopic (exact) mass is 362 g/mol. The maximum atomic E-state index is 11.7. The van der Waals surface area contributed by atoms with Crippen molar-refractivity contribution in [1.82, 2.24) is 10.2 Å². The van der Waals surface area contributed by atoms with Crippen LogP contribution in [0.2, 0.25) is 0 Å². The van der Waals surface area contributed by atoms with Gasteiger partial charge >= 0.3 is 0 Å². The predicted octanol–water partition coefficient (Wildman–Crippen LogP) is 1.20. The van der Waals surface area contributed by atoms with Crippen molar-refractivity contribution in [3.8, 4) is 5.75 Å². The van der Waals surface area contributed by atoms with Gasteiger partial charge in [0, 0.05) is 19.2 Å². The van der Waals surface area contributed by atoms with E-state index in [1.165, 1.54) is 11.0 Å². The fourth-order valence-electron chi connectivity index (χ4n) is 1.22. The van der Waals surface area contributed by atoms with Gasteiger partial charge in [-0.05, 0) is 47.7 Å². The molecule has 0 bridgehead atoms. The topological polar surface area (TPSA) is 69.6 Å². The number of amides is 2. The normalized spacial score (nSPS) is 9.94. The summed E-state index contributed by atoms with van der Waals surface area (Å²) in [5.74, 6) is -0.472. The molecule has 0 unspecified atom stereocenters. The number of likely N-dealkylation sites (N-methyl/N-ethyl adjacent to an activating group) is 1. The third kappa shape index (κ3) is 3.86. The molecular formula is C12H15IN2O3. The molecule has 0 aliphatic heterocycles. The Labute approximate surface area is 119 Å². The smallest absolute Gasteiger partial charge is 0.251 e. The van der Waals surface area contributed by atoms with E-state index in [1.54, 1.807) is 19.2 Å². The highest BCUT2D eigenvalue weighted by Gasteiger charge is 2.11. The summed E-state index contributed by atoms with van der Waals surface area (Å²) < 4.78 is 0.672. The van der Waals surface area contributed by atoms with Gasteiger partial charge in [-0.3, -0.25) is 9.59 Å². The summed E-state index contributed by atoms with van der Waals surface area (Å²) in [6.45, 7) is 2.41. The highest BCUT2D eigenvalue weighted by atomic mass is 127. The first-order valence-corrected chi connectivity index (χ1v) is 6.54. The van der Waals surface area contributed by atoms with Gasteiger partial charge in [0.05, 0.1) is 10.1 Å². The number of hydrogen-bond donors (Lipinski definition) is 2. The van der Waals surface area contributed by atoms with Gasteiger partial charge < -0.3 is 15.3 Å². The molecule has 2 N–H and O–H groups in total. The number of halogens is 1. The fraction of sp³-hybridized carbons (Fsp3) is 0.333. The van der Waals surface area contributed by atoms with E-state index in [-0.39, 0.29) is 24.1 Å². The van der Waals surface area contributed by atoms with Crippen LogP contribution < -0.4 is 5.32 Å². The molecule has 18 heavy (non-hydrogen) atoms. The van der Waals surface area contributed by atoms with Crippen LogP contribution in [-0.4, -0.2) is 42.0 Å². The Balaban J connectivity index is 2.60. The zero-order valence-corrected chi connectivity index (χ0v) is 12.4. The van der Waals surface area contributed by atoms with E-state index in [9.17, 15) is 14.7 Å². The lowest BCUT2D eigenvalue weighted by Crippen LogP contribution is -2.37. The van der Waals surface area contributed by atoms with Crippen LogP contribution in [0.4, 0.5) is 0 Å². The lowest BCUT2D eigenvalue weighted by molar-refractivity contribution is -0.128. The van der Waals surface area contributed by atoms with E-state index in [0.29, 0.717) is 15.7 Å². The Morgan fingerprint density at radius 2 is 2.11 bits per heavy atom. The quantitative estimate of drug-likeness (QED) is 0.791. The molecule has 98 valence electrons. The van der Waals surface area contributed by atoms with E-state index in [1.807, 2.05) is 29.5 Å². The molecule has 0 heterocycles. The maximum absolute atomic E-state index is 11.7. The molecule has 6 heteroatoms. The molecule has 5 nitrogen and oxygen atoms in total. The number of carbonyl (C=O) groups excluding carboxylic acids is 2. The second-order valence-corrected chi connectivity index (χ2v) is 4.92. The van der Waals surface area contributed by atoms with Crippen LogP contribution in [0.3, 0.4) is 0 Å². The number of rotatable bonds is 4. The van der Waals surface area contributed by atoms with Crippen LogP contribution in [0.25, 0.3) is 0 Å². The molecular weight excluding hydrogens is 347 g/mol. The maximum Gasteiger partial charge on any atom is 0.251 e. The second-order valence-electron chi connectivity index (χ2n) is 3.76. The molecule has 1 rings (SSSR count). The first-order valence-electron chi connectivity index (χ1n) is 5.46. The Hall–Kier alpha value is -1.31. The first-order chi connectivity index (χ1) is 8.45. The average molecular weight is 362 g/mol. The van der Waals surface area contributed by atoms with Crippen molar-refractivity contribution in [2.24, 2.45) is 0 Å². The minimum absolute atomic E-state index is 0.0457. The molecule has 0 aliphatic carbocycles. The number of nitrogens with zero attached hydrogens (tertiary/aromatic N) is 1. The summed E-state index contributed by atoms with van der Waals surface area (Å²) in [4.78, 5) is 24.7. The van der Waals surface area contributed by atoms with E-state index < -0.39 is 0 Å². The zero-order chi connectivity index (χ0) is 13.7. The number of carbonyl (C=O) groups is 2. The van der Waals surface area contributed by atoms with Crippen LogP contribution in [0.5, 0.6) is 5.75 Å². The number of phenols is 1. The van der Waals surface area contributed by atoms with Crippen molar-refractivity contribution in [2.75, 3.05) is 20.1 Å². The molecule has 0 saturated carbocycles. The van der Waals surface area contributed by atoms with E-state index >= 15 is 0 Å². The summed E-state index contributed by atoms with van der Waals surface area (Å²) in [5, 5.41) is 12.0. The summed E-state index contributed by atoms with van der Waals surface area (Å²) in [6, 6.07) is 4.63. The standard InChI is InChI=1S/C12H15IN2O3/c1-3-15(2)11(17)7-14-12(18)8-4-5-9(13)10(16)6-8/h4-6,16H,3,7H2,1-2H3,(H,14,18). The zero-order valence-electron chi connectivity index (χ0n) is 10.2. The first kappa shape index (κ1) is 14.7. The van der Waals surface area contributed by atoms with E-state index in [4.69, 9.17) is 0 Å². The van der Waals surface area contributed by atoms with E-state index in [0.717, 1.165) is 0 Å². The summed E-state index contributed by atoms with van der Waals surface area (Å²) in [5.41, 5.74) is 0.333. The molecule has 0 fully saturated rings. The number of hydrogen-bond acceptors (Lipinski definition) is 3. The Morgan fingerprint density at radius 3 is 2.67 bits per heavy atom. The molecule has 0 atom stereocenters. The van der Waals surface area contributed by atoms with Crippen LogP contribution >= 0.6 is 22.6 Å². The van der Waals surface area contributed by atoms with Gasteiger partial charge in [0.2, 0.25) is 5.91 Å². The number of nitrogens with one attached hydrogen (secondary N) is 1. The molecule has 0 saturated heterocycles. The minimum atomic E-state index is -0.375. The van der Waals surface area contributed by atoms with Crippen molar-refractivity contribution in [1.29, 1.82) is 0 Å². The van der Waals surface area contributed by atoms with Gasteiger partial charge in [-0.2, -0.15) is 0 Å². The van der Waals surface area contributed by atoms with Crippen LogP contribution in [-0.2, 0) is 4.79 Å². The molecule has 2 amide bonds. The molecule has 0 aromatic heterocycles. The van der Waals surface area contributed by atoms with Crippen LogP contribution in [0.15, 0.2) is 18.2 Å². The average Bonchev–Trinajstić information content (AvgIpc) is 2.37. The molecule has 0 aliphatic rings. The lowest BCUT2D eigenvalue weighted by atomic mass is 10.2. The third-order valence-corrected chi connectivity index (χ3v) is 3.42. The molecule has 0 spiro atoms. The lowest BCUT2D eigenvalue weighted by Gasteiger charge is -2.14. The fourth-order valence-corrected chi connectivity index (χ4v) is 1.56.